The molecule has 172 valence electrons. The molecule has 0 bridgehead atoms. The molecule has 2 N–H and O–H groups in total. The molecule has 34 heavy (non-hydrogen) atoms. The first-order valence-electron chi connectivity index (χ1n) is 11.5. The van der Waals surface area contributed by atoms with Crippen LogP contribution < -0.4 is 15.5 Å². The zero-order valence-corrected chi connectivity index (χ0v) is 19.9. The van der Waals surface area contributed by atoms with Gasteiger partial charge in [-0.25, -0.2) is 0 Å². The number of carbonyl (C=O) groups excluding carboxylic acids is 2. The summed E-state index contributed by atoms with van der Waals surface area (Å²) >= 11 is 6.33. The number of hydrogen-bond donors (Lipinski definition) is 1. The quantitative estimate of drug-likeness (QED) is 0.688. The van der Waals surface area contributed by atoms with Gasteiger partial charge in [-0.3, -0.25) is 14.5 Å². The highest BCUT2D eigenvalue weighted by Crippen LogP contribution is 2.57. The molecule has 0 fully saturated rings. The lowest BCUT2D eigenvalue weighted by atomic mass is 9.63. The third-order valence-electron chi connectivity index (χ3n) is 7.04. The number of fused-ring (bicyclic) bond motifs is 3. The van der Waals surface area contributed by atoms with Crippen molar-refractivity contribution < 1.29 is 9.59 Å². The Kier molecular flexibility index (Phi) is 5.26. The van der Waals surface area contributed by atoms with Crippen molar-refractivity contribution in [1.29, 1.82) is 5.26 Å². The number of Topliss-reactive ketones (excluding diaryl/α,β-unsaturated/α-hetero) is 1. The summed E-state index contributed by atoms with van der Waals surface area (Å²) < 4.78 is 0. The number of halogens is 1. The van der Waals surface area contributed by atoms with Gasteiger partial charge in [0.15, 0.2) is 5.78 Å². The number of allylic oxidation sites excluding steroid dienone is 1. The van der Waals surface area contributed by atoms with Crippen molar-refractivity contribution in [1.82, 2.24) is 0 Å². The summed E-state index contributed by atoms with van der Waals surface area (Å²) in [5, 5.41) is 11.0. The molecule has 0 saturated heterocycles. The van der Waals surface area contributed by atoms with Crippen molar-refractivity contribution in [3.8, 4) is 6.07 Å². The Morgan fingerprint density at radius 3 is 2.65 bits per heavy atom. The van der Waals surface area contributed by atoms with E-state index in [2.05, 4.69) is 6.07 Å². The third-order valence-corrected chi connectivity index (χ3v) is 7.27. The molecule has 1 amide bonds. The lowest BCUT2D eigenvalue weighted by Gasteiger charge is -2.44. The van der Waals surface area contributed by atoms with Crippen LogP contribution in [0.2, 0.25) is 5.02 Å². The molecule has 6 nitrogen and oxygen atoms in total. The van der Waals surface area contributed by atoms with E-state index in [0.29, 0.717) is 53.4 Å². The van der Waals surface area contributed by atoms with Crippen molar-refractivity contribution in [2.24, 2.45) is 5.73 Å². The van der Waals surface area contributed by atoms with E-state index in [4.69, 9.17) is 17.3 Å². The Morgan fingerprint density at radius 1 is 1.15 bits per heavy atom. The van der Waals surface area contributed by atoms with Crippen LogP contribution in [0.4, 0.5) is 11.4 Å². The van der Waals surface area contributed by atoms with Crippen LogP contribution in [-0.2, 0) is 15.0 Å². The highest BCUT2D eigenvalue weighted by Gasteiger charge is 2.62. The number of amides is 1. The third kappa shape index (κ3) is 2.80. The summed E-state index contributed by atoms with van der Waals surface area (Å²) in [6.07, 6.45) is 2.28. The predicted molar refractivity (Wildman–Crippen MR) is 132 cm³/mol. The van der Waals surface area contributed by atoms with Gasteiger partial charge in [-0.15, -0.1) is 0 Å². The fraction of sp³-hybridized carbons (Fsp3) is 0.296. The maximum atomic E-state index is 14.3. The van der Waals surface area contributed by atoms with Gasteiger partial charge < -0.3 is 10.6 Å². The maximum Gasteiger partial charge on any atom is 0.247 e. The second-order valence-electron chi connectivity index (χ2n) is 8.96. The van der Waals surface area contributed by atoms with Crippen molar-refractivity contribution in [2.45, 2.75) is 44.9 Å². The molecule has 2 aliphatic heterocycles. The Balaban J connectivity index is 1.89. The highest BCUT2D eigenvalue weighted by molar-refractivity contribution is 6.31. The largest absolute Gasteiger partial charge is 0.384 e. The van der Waals surface area contributed by atoms with Gasteiger partial charge in [0.25, 0.3) is 0 Å². The molecular formula is C27H25ClN4O2. The Hall–Kier alpha value is -3.56. The van der Waals surface area contributed by atoms with E-state index in [-0.39, 0.29) is 23.1 Å². The standard InChI is InChI=1S/C27H25ClN4O2/c1-3-13-31-20-8-5-4-7-18(20)27(26(31)34)19(15-29)25(30)32(21-9-6-10-23(33)24(21)27)22-14-17(28)12-11-16(22)2/h4-5,7-8,11-12,14H,3,6,9-10,13,30H2,1-2H3. The van der Waals surface area contributed by atoms with Crippen LogP contribution in [-0.4, -0.2) is 18.2 Å². The molecular weight excluding hydrogens is 448 g/mol. The van der Waals surface area contributed by atoms with Crippen LogP contribution in [0, 0.1) is 18.3 Å². The van der Waals surface area contributed by atoms with Crippen molar-refractivity contribution >= 4 is 34.7 Å². The molecule has 3 aliphatic rings. The fourth-order valence-corrected chi connectivity index (χ4v) is 5.84. The monoisotopic (exact) mass is 472 g/mol. The SMILES string of the molecule is CCCN1C(=O)C2(C(C#N)=C(N)N(c3cc(Cl)ccc3C)C3=C2C(=O)CCC3)c2ccccc21. The average molecular weight is 473 g/mol. The number of benzene rings is 2. The molecule has 0 aromatic heterocycles. The first-order valence-corrected chi connectivity index (χ1v) is 11.9. The normalized spacial score (nSPS) is 21.8. The van der Waals surface area contributed by atoms with Crippen LogP contribution in [0.1, 0.15) is 43.7 Å². The second-order valence-corrected chi connectivity index (χ2v) is 9.40. The van der Waals surface area contributed by atoms with Crippen LogP contribution in [0.5, 0.6) is 0 Å². The molecule has 2 aromatic carbocycles. The van der Waals surface area contributed by atoms with Crippen LogP contribution >= 0.6 is 11.6 Å². The van der Waals surface area contributed by atoms with Crippen molar-refractivity contribution in [3.05, 3.63) is 81.3 Å². The minimum Gasteiger partial charge on any atom is -0.384 e. The van der Waals surface area contributed by atoms with Gasteiger partial charge >= 0.3 is 0 Å². The minimum absolute atomic E-state index is 0.0944. The predicted octanol–water partition coefficient (Wildman–Crippen LogP) is 4.86. The van der Waals surface area contributed by atoms with Crippen LogP contribution in [0.25, 0.3) is 0 Å². The fourth-order valence-electron chi connectivity index (χ4n) is 5.67. The highest BCUT2D eigenvalue weighted by atomic mass is 35.5. The van der Waals surface area contributed by atoms with Crippen LogP contribution in [0.3, 0.4) is 0 Å². The Bertz CT molecular complexity index is 1350. The van der Waals surface area contributed by atoms with E-state index in [1.807, 2.05) is 44.2 Å². The lowest BCUT2D eigenvalue weighted by Crippen LogP contribution is -2.52. The summed E-state index contributed by atoms with van der Waals surface area (Å²) in [6.45, 7) is 4.42. The van der Waals surface area contributed by atoms with Gasteiger partial charge in [0, 0.05) is 40.5 Å². The number of ketones is 1. The van der Waals surface area contributed by atoms with Crippen molar-refractivity contribution in [3.63, 3.8) is 0 Å². The molecule has 5 rings (SSSR count). The lowest BCUT2D eigenvalue weighted by molar-refractivity contribution is -0.124. The van der Waals surface area contributed by atoms with E-state index in [1.165, 1.54) is 0 Å². The number of para-hydroxylation sites is 1. The van der Waals surface area contributed by atoms with Gasteiger partial charge in [0.05, 0.1) is 11.3 Å². The zero-order valence-electron chi connectivity index (χ0n) is 19.2. The Morgan fingerprint density at radius 2 is 1.91 bits per heavy atom. The number of nitrogens with two attached hydrogens (primary N) is 1. The topological polar surface area (TPSA) is 90.4 Å². The van der Waals surface area contributed by atoms with Gasteiger partial charge in [-0.2, -0.15) is 5.26 Å². The summed E-state index contributed by atoms with van der Waals surface area (Å²) in [6, 6.07) is 15.1. The second kappa shape index (κ2) is 8.03. The molecule has 2 heterocycles. The summed E-state index contributed by atoms with van der Waals surface area (Å²) in [5.41, 5.74) is 9.36. The van der Waals surface area contributed by atoms with Gasteiger partial charge in [-0.05, 0) is 49.9 Å². The molecule has 1 spiro atoms. The van der Waals surface area contributed by atoms with E-state index in [9.17, 15) is 14.9 Å². The number of rotatable bonds is 3. The number of hydrogen-bond acceptors (Lipinski definition) is 5. The molecule has 1 atom stereocenters. The zero-order chi connectivity index (χ0) is 24.2. The summed E-state index contributed by atoms with van der Waals surface area (Å²) in [5.74, 6) is -0.226. The van der Waals surface area contributed by atoms with Gasteiger partial charge in [0.2, 0.25) is 5.91 Å². The summed E-state index contributed by atoms with van der Waals surface area (Å²) in [4.78, 5) is 31.4. The molecule has 1 unspecified atom stereocenters. The van der Waals surface area contributed by atoms with Gasteiger partial charge in [-0.1, -0.05) is 42.8 Å². The summed E-state index contributed by atoms with van der Waals surface area (Å²) in [7, 11) is 0. The van der Waals surface area contributed by atoms with Gasteiger partial charge in [0.1, 0.15) is 17.3 Å². The van der Waals surface area contributed by atoms with E-state index in [0.717, 1.165) is 17.7 Å². The van der Waals surface area contributed by atoms with E-state index >= 15 is 0 Å². The molecule has 1 aliphatic carbocycles. The first-order chi connectivity index (χ1) is 16.4. The minimum atomic E-state index is -1.53. The molecule has 0 radical (unpaired) electrons. The number of anilines is 2. The molecule has 0 saturated carbocycles. The maximum absolute atomic E-state index is 14.3. The Labute approximate surface area is 203 Å². The van der Waals surface area contributed by atoms with Crippen molar-refractivity contribution in [2.75, 3.05) is 16.3 Å². The molecule has 7 heteroatoms. The average Bonchev–Trinajstić information content (AvgIpc) is 3.05. The molecule has 2 aromatic rings. The first kappa shape index (κ1) is 22.2. The smallest absolute Gasteiger partial charge is 0.247 e. The van der Waals surface area contributed by atoms with E-state index in [1.54, 1.807) is 21.9 Å². The van der Waals surface area contributed by atoms with E-state index < -0.39 is 5.41 Å². The van der Waals surface area contributed by atoms with Crippen LogP contribution in [0.15, 0.2) is 65.1 Å². The number of nitriles is 1. The number of nitrogens with zero attached hydrogens (tertiary/aromatic N) is 3. The number of aryl methyl sites for hydroxylation is 1. The number of carbonyl (C=O) groups is 2.